The van der Waals surface area contributed by atoms with Crippen molar-refractivity contribution in [3.8, 4) is 0 Å². The Kier molecular flexibility index (Phi) is 4.69. The highest BCUT2D eigenvalue weighted by Gasteiger charge is 2.39. The van der Waals surface area contributed by atoms with E-state index in [1.165, 1.54) is 0 Å². The quantitative estimate of drug-likeness (QED) is 0.814. The predicted octanol–water partition coefficient (Wildman–Crippen LogP) is 1.72. The van der Waals surface area contributed by atoms with E-state index >= 15 is 0 Å². The fourth-order valence-corrected chi connectivity index (χ4v) is 2.96. The van der Waals surface area contributed by atoms with Crippen LogP contribution in [-0.4, -0.2) is 32.6 Å². The maximum atomic E-state index is 12.6. The summed E-state index contributed by atoms with van der Waals surface area (Å²) < 4.78 is 1.85. The molecule has 1 aromatic heterocycles. The molecule has 1 aromatic rings. The number of nitrogens with zero attached hydrogens (tertiary/aromatic N) is 3. The molecule has 19 heavy (non-hydrogen) atoms. The van der Waals surface area contributed by atoms with Crippen molar-refractivity contribution in [2.45, 2.75) is 64.5 Å². The van der Waals surface area contributed by atoms with E-state index in [2.05, 4.69) is 29.2 Å². The summed E-state index contributed by atoms with van der Waals surface area (Å²) in [5.41, 5.74) is -0.308. The summed E-state index contributed by atoms with van der Waals surface area (Å²) in [6.07, 6.45) is 6.95. The van der Waals surface area contributed by atoms with Crippen LogP contribution >= 0.6 is 0 Å². The second kappa shape index (κ2) is 6.28. The highest BCUT2D eigenvalue weighted by molar-refractivity contribution is 5.90. The molecule has 1 aliphatic rings. The molecule has 2 heterocycles. The number of ketones is 1. The number of nitrogens with one attached hydrogen (secondary N) is 1. The van der Waals surface area contributed by atoms with Gasteiger partial charge in [-0.3, -0.25) is 4.79 Å². The molecule has 2 rings (SSSR count). The Morgan fingerprint density at radius 2 is 2.32 bits per heavy atom. The van der Waals surface area contributed by atoms with Gasteiger partial charge in [-0.05, 0) is 32.2 Å². The van der Waals surface area contributed by atoms with Gasteiger partial charge in [0, 0.05) is 6.54 Å². The van der Waals surface area contributed by atoms with E-state index in [0.29, 0.717) is 6.42 Å². The first-order valence-corrected chi connectivity index (χ1v) is 7.37. The molecule has 1 aliphatic heterocycles. The van der Waals surface area contributed by atoms with E-state index in [4.69, 9.17) is 0 Å². The third kappa shape index (κ3) is 3.03. The van der Waals surface area contributed by atoms with Crippen LogP contribution in [0.4, 0.5) is 0 Å². The minimum Gasteiger partial charge on any atom is -0.305 e. The van der Waals surface area contributed by atoms with Crippen molar-refractivity contribution in [3.05, 3.63) is 12.2 Å². The zero-order chi connectivity index (χ0) is 13.7. The van der Waals surface area contributed by atoms with Crippen molar-refractivity contribution >= 4 is 5.78 Å². The largest absolute Gasteiger partial charge is 0.305 e. The molecule has 1 N–H and O–H groups in total. The SMILES string of the molecule is CCCn1ncnc1CC(=O)C1(CCC)CCCN1. The number of aromatic nitrogens is 3. The summed E-state index contributed by atoms with van der Waals surface area (Å²) in [6.45, 7) is 6.02. The van der Waals surface area contributed by atoms with Gasteiger partial charge in [0.05, 0.1) is 12.0 Å². The van der Waals surface area contributed by atoms with Crippen LogP contribution in [0.25, 0.3) is 0 Å². The van der Waals surface area contributed by atoms with Gasteiger partial charge in [0.1, 0.15) is 12.2 Å². The molecule has 5 heteroatoms. The molecule has 0 aliphatic carbocycles. The van der Waals surface area contributed by atoms with Crippen molar-refractivity contribution in [3.63, 3.8) is 0 Å². The lowest BCUT2D eigenvalue weighted by Gasteiger charge is -2.27. The Morgan fingerprint density at radius 1 is 1.47 bits per heavy atom. The van der Waals surface area contributed by atoms with Crippen molar-refractivity contribution < 1.29 is 4.79 Å². The number of hydrogen-bond acceptors (Lipinski definition) is 4. The summed E-state index contributed by atoms with van der Waals surface area (Å²) in [5, 5.41) is 7.61. The first-order chi connectivity index (χ1) is 9.22. The van der Waals surface area contributed by atoms with Crippen LogP contribution < -0.4 is 5.32 Å². The van der Waals surface area contributed by atoms with Gasteiger partial charge in [-0.2, -0.15) is 5.10 Å². The van der Waals surface area contributed by atoms with E-state index in [1.807, 2.05) is 4.68 Å². The second-order valence-electron chi connectivity index (χ2n) is 5.36. The van der Waals surface area contributed by atoms with Crippen molar-refractivity contribution in [1.29, 1.82) is 0 Å². The summed E-state index contributed by atoms with van der Waals surface area (Å²) in [7, 11) is 0. The lowest BCUT2D eigenvalue weighted by Crippen LogP contribution is -2.48. The zero-order valence-electron chi connectivity index (χ0n) is 12.0. The van der Waals surface area contributed by atoms with Crippen molar-refractivity contribution in [2.75, 3.05) is 6.54 Å². The third-order valence-corrected chi connectivity index (χ3v) is 3.90. The molecule has 1 fully saturated rings. The highest BCUT2D eigenvalue weighted by Crippen LogP contribution is 2.26. The molecular weight excluding hydrogens is 240 g/mol. The van der Waals surface area contributed by atoms with Gasteiger partial charge in [0.25, 0.3) is 0 Å². The lowest BCUT2D eigenvalue weighted by atomic mass is 9.85. The lowest BCUT2D eigenvalue weighted by molar-refractivity contribution is -0.124. The van der Waals surface area contributed by atoms with Gasteiger partial charge in [-0.1, -0.05) is 20.3 Å². The molecule has 1 saturated heterocycles. The summed E-state index contributed by atoms with van der Waals surface area (Å²) in [5.74, 6) is 1.08. The second-order valence-corrected chi connectivity index (χ2v) is 5.36. The number of Topliss-reactive ketones (excluding diaryl/α,β-unsaturated/α-hetero) is 1. The molecule has 5 nitrogen and oxygen atoms in total. The molecule has 1 unspecified atom stereocenters. The van der Waals surface area contributed by atoms with Gasteiger partial charge in [-0.25, -0.2) is 9.67 Å². The molecule has 0 aromatic carbocycles. The Labute approximate surface area is 114 Å². The van der Waals surface area contributed by atoms with Crippen LogP contribution in [0.1, 0.15) is 51.8 Å². The van der Waals surface area contributed by atoms with Crippen LogP contribution in [0.3, 0.4) is 0 Å². The van der Waals surface area contributed by atoms with Gasteiger partial charge in [-0.15, -0.1) is 0 Å². The van der Waals surface area contributed by atoms with E-state index in [9.17, 15) is 4.79 Å². The molecule has 106 valence electrons. The smallest absolute Gasteiger partial charge is 0.160 e. The number of carbonyl (C=O) groups excluding carboxylic acids is 1. The molecule has 0 saturated carbocycles. The number of carbonyl (C=O) groups is 1. The summed E-state index contributed by atoms with van der Waals surface area (Å²) in [4.78, 5) is 16.9. The monoisotopic (exact) mass is 264 g/mol. The third-order valence-electron chi connectivity index (χ3n) is 3.90. The van der Waals surface area contributed by atoms with E-state index < -0.39 is 0 Å². The average Bonchev–Trinajstić information content (AvgIpc) is 3.01. The van der Waals surface area contributed by atoms with Crippen LogP contribution in [0.5, 0.6) is 0 Å². The predicted molar refractivity (Wildman–Crippen MR) is 73.9 cm³/mol. The minimum atomic E-state index is -0.308. The van der Waals surface area contributed by atoms with Gasteiger partial charge >= 0.3 is 0 Å². The Bertz CT molecular complexity index is 421. The fourth-order valence-electron chi connectivity index (χ4n) is 2.96. The standard InChI is InChI=1S/C14H24N4O/c1-3-6-14(7-5-8-16-14)12(19)10-13-15-11-17-18(13)9-4-2/h11,16H,3-10H2,1-2H3. The van der Waals surface area contributed by atoms with Gasteiger partial charge in [0.15, 0.2) is 5.78 Å². The Morgan fingerprint density at radius 3 is 2.95 bits per heavy atom. The summed E-state index contributed by atoms with van der Waals surface area (Å²) >= 11 is 0. The minimum absolute atomic E-state index is 0.275. The molecule has 0 spiro atoms. The molecule has 0 bridgehead atoms. The van der Waals surface area contributed by atoms with Crippen LogP contribution in [0.2, 0.25) is 0 Å². The van der Waals surface area contributed by atoms with Gasteiger partial charge in [0.2, 0.25) is 0 Å². The molecule has 1 atom stereocenters. The van der Waals surface area contributed by atoms with E-state index in [1.54, 1.807) is 6.33 Å². The van der Waals surface area contributed by atoms with Crippen LogP contribution in [0, 0.1) is 0 Å². The number of hydrogen-bond donors (Lipinski definition) is 1. The molecule has 0 amide bonds. The molecular formula is C14H24N4O. The summed E-state index contributed by atoms with van der Waals surface area (Å²) in [6, 6.07) is 0. The Hall–Kier alpha value is -1.23. The normalized spacial score (nSPS) is 22.8. The maximum Gasteiger partial charge on any atom is 0.160 e. The topological polar surface area (TPSA) is 59.8 Å². The highest BCUT2D eigenvalue weighted by atomic mass is 16.1. The first-order valence-electron chi connectivity index (χ1n) is 7.37. The van der Waals surface area contributed by atoms with Gasteiger partial charge < -0.3 is 5.32 Å². The number of rotatable bonds is 7. The molecule has 0 radical (unpaired) electrons. The van der Waals surface area contributed by atoms with Crippen LogP contribution in [-0.2, 0) is 17.8 Å². The maximum absolute atomic E-state index is 12.6. The fraction of sp³-hybridized carbons (Fsp3) is 0.786. The Balaban J connectivity index is 2.08. The van der Waals surface area contributed by atoms with Crippen LogP contribution in [0.15, 0.2) is 6.33 Å². The van der Waals surface area contributed by atoms with E-state index in [-0.39, 0.29) is 11.3 Å². The van der Waals surface area contributed by atoms with Crippen molar-refractivity contribution in [1.82, 2.24) is 20.1 Å². The number of aryl methyl sites for hydroxylation is 1. The van der Waals surface area contributed by atoms with E-state index in [0.717, 1.165) is 51.0 Å². The average molecular weight is 264 g/mol. The van der Waals surface area contributed by atoms with Crippen molar-refractivity contribution in [2.24, 2.45) is 0 Å². The first kappa shape index (κ1) is 14.2. The zero-order valence-corrected chi connectivity index (χ0v) is 12.0.